The summed E-state index contributed by atoms with van der Waals surface area (Å²) in [6.45, 7) is 0. The Kier molecular flexibility index (Phi) is 6.38. The molecule has 25 heavy (non-hydrogen) atoms. The fourth-order valence-electron chi connectivity index (χ4n) is 2.03. The number of ether oxygens (including phenoxy) is 1. The number of hydrogen-bond donors (Lipinski definition) is 2. The molecule has 0 aliphatic heterocycles. The second-order valence-electron chi connectivity index (χ2n) is 4.97. The number of anilines is 2. The number of rotatable bonds is 6. The van der Waals surface area contributed by atoms with Crippen molar-refractivity contribution in [1.29, 1.82) is 0 Å². The zero-order chi connectivity index (χ0) is 18.4. The Balaban J connectivity index is 2.14. The lowest BCUT2D eigenvalue weighted by Crippen LogP contribution is -2.17. The molecule has 130 valence electrons. The van der Waals surface area contributed by atoms with Gasteiger partial charge in [-0.15, -0.1) is 0 Å². The average molecular weight is 382 g/mol. The van der Waals surface area contributed by atoms with Crippen molar-refractivity contribution in [1.82, 2.24) is 0 Å². The molecule has 2 rings (SSSR count). The van der Waals surface area contributed by atoms with Crippen molar-refractivity contribution in [2.24, 2.45) is 0 Å². The van der Waals surface area contributed by atoms with E-state index >= 15 is 0 Å². The Labute approximate surface area is 153 Å². The minimum atomic E-state index is -1.37. The topological polar surface area (TPSA) is 92.7 Å². The summed E-state index contributed by atoms with van der Waals surface area (Å²) in [5.41, 5.74) is 1.57. The lowest BCUT2D eigenvalue weighted by molar-refractivity contribution is -0.161. The van der Waals surface area contributed by atoms with Gasteiger partial charge >= 0.3 is 17.9 Å². The zero-order valence-corrected chi connectivity index (χ0v) is 14.3. The number of carbonyl (C=O) groups excluding carboxylic acids is 2. The summed E-state index contributed by atoms with van der Waals surface area (Å²) in [7, 11) is 0. The average Bonchev–Trinajstić information content (AvgIpc) is 2.51. The largest absolute Gasteiger partial charge is 0.481 e. The summed E-state index contributed by atoms with van der Waals surface area (Å²) in [5.74, 6) is -3.34. The molecule has 8 heteroatoms. The Morgan fingerprint density at radius 3 is 2.24 bits per heavy atom. The smallest absolute Gasteiger partial charge is 0.324 e. The fourth-order valence-corrected chi connectivity index (χ4v) is 2.52. The molecule has 0 spiro atoms. The third-order valence-corrected chi connectivity index (χ3v) is 3.73. The van der Waals surface area contributed by atoms with Gasteiger partial charge in [0.05, 0.1) is 22.2 Å². The number of halogens is 2. The predicted molar refractivity (Wildman–Crippen MR) is 93.2 cm³/mol. The highest BCUT2D eigenvalue weighted by Crippen LogP contribution is 2.33. The van der Waals surface area contributed by atoms with Crippen LogP contribution in [0.4, 0.5) is 11.4 Å². The van der Waals surface area contributed by atoms with Crippen molar-refractivity contribution in [2.75, 3.05) is 5.32 Å². The van der Waals surface area contributed by atoms with Crippen molar-refractivity contribution in [3.05, 3.63) is 58.1 Å². The van der Waals surface area contributed by atoms with Crippen molar-refractivity contribution in [3.8, 4) is 0 Å². The van der Waals surface area contributed by atoms with E-state index < -0.39 is 24.3 Å². The van der Waals surface area contributed by atoms with Gasteiger partial charge in [0.1, 0.15) is 6.42 Å². The first kappa shape index (κ1) is 18.8. The molecule has 0 amide bonds. The highest BCUT2D eigenvalue weighted by Gasteiger charge is 2.16. The van der Waals surface area contributed by atoms with Crippen LogP contribution in [0, 0.1) is 0 Å². The highest BCUT2D eigenvalue weighted by molar-refractivity contribution is 6.39. The maximum atomic E-state index is 11.8. The lowest BCUT2D eigenvalue weighted by Gasteiger charge is -2.14. The number of aliphatic carboxylic acids is 1. The van der Waals surface area contributed by atoms with E-state index in [2.05, 4.69) is 10.1 Å². The van der Waals surface area contributed by atoms with Crippen molar-refractivity contribution >= 4 is 52.5 Å². The summed E-state index contributed by atoms with van der Waals surface area (Å²) < 4.78 is 4.48. The highest BCUT2D eigenvalue weighted by atomic mass is 35.5. The van der Waals surface area contributed by atoms with Crippen LogP contribution in [-0.4, -0.2) is 23.0 Å². The van der Waals surface area contributed by atoms with Crippen molar-refractivity contribution < 1.29 is 24.2 Å². The Hall–Kier alpha value is -2.57. The zero-order valence-electron chi connectivity index (χ0n) is 12.8. The van der Waals surface area contributed by atoms with Crippen LogP contribution in [-0.2, 0) is 25.5 Å². The molecule has 0 aliphatic carbocycles. The fraction of sp³-hybridized carbons (Fsp3) is 0.118. The number of carboxylic acids is 1. The van der Waals surface area contributed by atoms with E-state index in [9.17, 15) is 14.4 Å². The lowest BCUT2D eigenvalue weighted by atomic mass is 10.1. The van der Waals surface area contributed by atoms with Crippen LogP contribution in [0.2, 0.25) is 10.0 Å². The van der Waals surface area contributed by atoms with Gasteiger partial charge in [-0.2, -0.15) is 0 Å². The summed E-state index contributed by atoms with van der Waals surface area (Å²) in [4.78, 5) is 33.5. The molecule has 2 aromatic rings. The number of carbonyl (C=O) groups is 3. The summed E-state index contributed by atoms with van der Waals surface area (Å²) in [6, 6.07) is 11.9. The van der Waals surface area contributed by atoms with Gasteiger partial charge in [0.15, 0.2) is 0 Å². The Morgan fingerprint density at radius 2 is 1.60 bits per heavy atom. The van der Waals surface area contributed by atoms with E-state index in [1.54, 1.807) is 42.5 Å². The first-order chi connectivity index (χ1) is 11.9. The third kappa shape index (κ3) is 5.48. The molecule has 0 heterocycles. The molecular weight excluding hydrogens is 369 g/mol. The normalized spacial score (nSPS) is 10.2. The number of benzene rings is 2. The molecule has 0 aromatic heterocycles. The number of para-hydroxylation sites is 2. The molecule has 0 fully saturated rings. The number of carboxylic acid groups (broad SMARTS) is 1. The Morgan fingerprint density at radius 1 is 0.960 bits per heavy atom. The molecule has 6 nitrogen and oxygen atoms in total. The molecule has 0 saturated heterocycles. The second kappa shape index (κ2) is 8.50. The Bertz CT molecular complexity index is 802. The van der Waals surface area contributed by atoms with Gasteiger partial charge in [-0.1, -0.05) is 47.5 Å². The first-order valence-corrected chi connectivity index (χ1v) is 7.86. The van der Waals surface area contributed by atoms with Crippen LogP contribution in [0.15, 0.2) is 42.5 Å². The molecule has 0 aliphatic rings. The van der Waals surface area contributed by atoms with Crippen LogP contribution in [0.1, 0.15) is 12.0 Å². The van der Waals surface area contributed by atoms with Gasteiger partial charge in [-0.05, 0) is 23.8 Å². The van der Waals surface area contributed by atoms with Gasteiger partial charge in [-0.3, -0.25) is 14.4 Å². The van der Waals surface area contributed by atoms with E-state index in [0.29, 0.717) is 27.0 Å². The second-order valence-corrected chi connectivity index (χ2v) is 5.79. The molecular formula is C17H13Cl2NO5. The van der Waals surface area contributed by atoms with Crippen LogP contribution < -0.4 is 5.32 Å². The van der Waals surface area contributed by atoms with Crippen LogP contribution in [0.25, 0.3) is 0 Å². The SMILES string of the molecule is O=C(O)CC(=O)OC(=O)Cc1ccccc1Nc1c(Cl)cccc1Cl. The molecule has 0 radical (unpaired) electrons. The summed E-state index contributed by atoms with van der Waals surface area (Å²) in [6.07, 6.45) is -1.10. The van der Waals surface area contributed by atoms with E-state index in [1.165, 1.54) is 0 Å². The maximum Gasteiger partial charge on any atom is 0.324 e. The minimum Gasteiger partial charge on any atom is -0.481 e. The number of esters is 2. The molecule has 0 unspecified atom stereocenters. The molecule has 0 bridgehead atoms. The van der Waals surface area contributed by atoms with Gasteiger partial charge < -0.3 is 15.2 Å². The minimum absolute atomic E-state index is 0.226. The first-order valence-electron chi connectivity index (χ1n) is 7.11. The maximum absolute atomic E-state index is 11.8. The van der Waals surface area contributed by atoms with Gasteiger partial charge in [0.25, 0.3) is 0 Å². The quantitative estimate of drug-likeness (QED) is 0.583. The number of hydrogen-bond acceptors (Lipinski definition) is 5. The van der Waals surface area contributed by atoms with Crippen molar-refractivity contribution in [3.63, 3.8) is 0 Å². The number of nitrogens with one attached hydrogen (secondary N) is 1. The predicted octanol–water partition coefficient (Wildman–Crippen LogP) is 3.82. The summed E-state index contributed by atoms with van der Waals surface area (Å²) >= 11 is 12.2. The molecule has 2 N–H and O–H groups in total. The molecule has 0 atom stereocenters. The van der Waals surface area contributed by atoms with E-state index in [-0.39, 0.29) is 6.42 Å². The van der Waals surface area contributed by atoms with E-state index in [1.807, 2.05) is 0 Å². The van der Waals surface area contributed by atoms with Gasteiger partial charge in [-0.25, -0.2) is 0 Å². The van der Waals surface area contributed by atoms with Crippen LogP contribution in [0.3, 0.4) is 0 Å². The van der Waals surface area contributed by atoms with Crippen LogP contribution in [0.5, 0.6) is 0 Å². The van der Waals surface area contributed by atoms with Crippen LogP contribution >= 0.6 is 23.2 Å². The van der Waals surface area contributed by atoms with E-state index in [0.717, 1.165) is 0 Å². The molecule has 2 aromatic carbocycles. The monoisotopic (exact) mass is 381 g/mol. The van der Waals surface area contributed by atoms with Gasteiger partial charge in [0, 0.05) is 5.69 Å². The molecule has 0 saturated carbocycles. The van der Waals surface area contributed by atoms with Gasteiger partial charge in [0.2, 0.25) is 0 Å². The standard InChI is InChI=1S/C17H13Cl2NO5/c18-11-5-3-6-12(19)17(11)20-13-7-2-1-4-10(13)8-15(23)25-16(24)9-14(21)22/h1-7,20H,8-9H2,(H,21,22). The summed E-state index contributed by atoms with van der Waals surface area (Å²) in [5, 5.41) is 12.4. The van der Waals surface area contributed by atoms with Crippen molar-refractivity contribution in [2.45, 2.75) is 12.8 Å². The van der Waals surface area contributed by atoms with E-state index in [4.69, 9.17) is 28.3 Å². The third-order valence-electron chi connectivity index (χ3n) is 3.10.